The molecule has 4 heteroatoms. The van der Waals surface area contributed by atoms with E-state index in [1.165, 1.54) is 0 Å². The molecule has 4 nitrogen and oxygen atoms in total. The van der Waals surface area contributed by atoms with Gasteiger partial charge in [-0.3, -0.25) is 4.79 Å². The molecule has 0 aromatic heterocycles. The Labute approximate surface area is 101 Å². The molecule has 1 aliphatic heterocycles. The number of hydrogen-bond acceptors (Lipinski definition) is 4. The van der Waals surface area contributed by atoms with Crippen molar-refractivity contribution in [3.05, 3.63) is 12.2 Å². The van der Waals surface area contributed by atoms with E-state index in [2.05, 4.69) is 6.58 Å². The lowest BCUT2D eigenvalue weighted by Crippen LogP contribution is -2.49. The van der Waals surface area contributed by atoms with E-state index in [0.717, 1.165) is 25.7 Å². The zero-order valence-corrected chi connectivity index (χ0v) is 10.2. The molecule has 17 heavy (non-hydrogen) atoms. The van der Waals surface area contributed by atoms with Crippen molar-refractivity contribution in [2.24, 2.45) is 5.92 Å². The van der Waals surface area contributed by atoms with Gasteiger partial charge >= 0.3 is 11.9 Å². The summed E-state index contributed by atoms with van der Waals surface area (Å²) in [5.41, 5.74) is -0.245. The van der Waals surface area contributed by atoms with Gasteiger partial charge < -0.3 is 9.47 Å². The summed E-state index contributed by atoms with van der Waals surface area (Å²) in [4.78, 5) is 23.6. The summed E-state index contributed by atoms with van der Waals surface area (Å²) in [5.74, 6) is -0.981. The van der Waals surface area contributed by atoms with Crippen LogP contribution in [0.2, 0.25) is 0 Å². The van der Waals surface area contributed by atoms with E-state index in [1.54, 1.807) is 6.92 Å². The van der Waals surface area contributed by atoms with E-state index < -0.39 is 5.60 Å². The second kappa shape index (κ2) is 4.51. The summed E-state index contributed by atoms with van der Waals surface area (Å²) < 4.78 is 10.6. The van der Waals surface area contributed by atoms with Gasteiger partial charge in [0.2, 0.25) is 0 Å². The van der Waals surface area contributed by atoms with Crippen molar-refractivity contribution in [2.75, 3.05) is 6.61 Å². The van der Waals surface area contributed by atoms with Crippen molar-refractivity contribution in [2.45, 2.75) is 44.6 Å². The highest BCUT2D eigenvalue weighted by Crippen LogP contribution is 2.45. The molecular formula is C13H18O4. The molecule has 94 valence electrons. The molecule has 0 bridgehead atoms. The van der Waals surface area contributed by atoms with Gasteiger partial charge in [-0.1, -0.05) is 6.58 Å². The molecule has 1 saturated heterocycles. The molecule has 0 aromatic rings. The van der Waals surface area contributed by atoms with Crippen LogP contribution in [0.15, 0.2) is 12.2 Å². The van der Waals surface area contributed by atoms with Crippen LogP contribution in [0.1, 0.15) is 39.0 Å². The number of esters is 2. The smallest absolute Gasteiger partial charge is 0.333 e. The molecule has 0 N–H and O–H groups in total. The maximum atomic E-state index is 12.0. The first-order valence-corrected chi connectivity index (χ1v) is 6.17. The molecule has 1 spiro atoms. The Balaban J connectivity index is 2.22. The van der Waals surface area contributed by atoms with Crippen LogP contribution in [0.4, 0.5) is 0 Å². The second-order valence-electron chi connectivity index (χ2n) is 4.77. The zero-order chi connectivity index (χ0) is 12.5. The summed E-state index contributed by atoms with van der Waals surface area (Å²) in [6.07, 6.45) is 3.88. The first-order chi connectivity index (χ1) is 8.09. The van der Waals surface area contributed by atoms with Crippen LogP contribution in [0.3, 0.4) is 0 Å². The van der Waals surface area contributed by atoms with Crippen LogP contribution in [0.5, 0.6) is 0 Å². The minimum absolute atomic E-state index is 0.261. The van der Waals surface area contributed by atoms with E-state index in [1.807, 2.05) is 0 Å². The third-order valence-electron chi connectivity index (χ3n) is 3.69. The Morgan fingerprint density at radius 3 is 2.76 bits per heavy atom. The quantitative estimate of drug-likeness (QED) is 0.545. The molecule has 0 amide bonds. The Kier molecular flexibility index (Phi) is 3.22. The van der Waals surface area contributed by atoms with Crippen molar-refractivity contribution < 1.29 is 19.1 Å². The van der Waals surface area contributed by atoms with Gasteiger partial charge in [-0.05, 0) is 39.0 Å². The predicted molar refractivity (Wildman–Crippen MR) is 61.2 cm³/mol. The fourth-order valence-electron chi connectivity index (χ4n) is 2.81. The van der Waals surface area contributed by atoms with E-state index in [-0.39, 0.29) is 17.9 Å². The monoisotopic (exact) mass is 238 g/mol. The van der Waals surface area contributed by atoms with Crippen molar-refractivity contribution in [1.82, 2.24) is 0 Å². The lowest BCUT2D eigenvalue weighted by atomic mass is 9.79. The largest absolute Gasteiger partial charge is 0.466 e. The molecule has 1 heterocycles. The molecule has 2 aliphatic rings. The highest BCUT2D eigenvalue weighted by Gasteiger charge is 2.52. The van der Waals surface area contributed by atoms with Crippen LogP contribution in [0, 0.1) is 5.92 Å². The minimum Gasteiger partial charge on any atom is -0.466 e. The van der Waals surface area contributed by atoms with Gasteiger partial charge in [-0.15, -0.1) is 0 Å². The van der Waals surface area contributed by atoms with E-state index in [0.29, 0.717) is 18.6 Å². The third-order valence-corrected chi connectivity index (χ3v) is 3.69. The molecular weight excluding hydrogens is 220 g/mol. The molecule has 1 aliphatic carbocycles. The molecule has 1 unspecified atom stereocenters. The number of carbonyl (C=O) groups excluding carboxylic acids is 2. The fourth-order valence-corrected chi connectivity index (χ4v) is 2.81. The lowest BCUT2D eigenvalue weighted by molar-refractivity contribution is -0.179. The van der Waals surface area contributed by atoms with Gasteiger partial charge in [0.25, 0.3) is 0 Å². The van der Waals surface area contributed by atoms with Gasteiger partial charge in [0.15, 0.2) is 0 Å². The van der Waals surface area contributed by atoms with Gasteiger partial charge in [-0.25, -0.2) is 4.79 Å². The Bertz CT molecular complexity index is 352. The standard InChI is InChI=1S/C13H18O4/c1-3-16-12(15)10-8-9(2)11(14)17-13(10)6-4-5-7-13/h10H,2-8H2,1H3. The van der Waals surface area contributed by atoms with Crippen molar-refractivity contribution in [1.29, 1.82) is 0 Å². The molecule has 2 fully saturated rings. The molecule has 0 aromatic carbocycles. The molecule has 2 rings (SSSR count). The normalized spacial score (nSPS) is 27.0. The minimum atomic E-state index is -0.621. The van der Waals surface area contributed by atoms with Crippen LogP contribution in [0.25, 0.3) is 0 Å². The average Bonchev–Trinajstić information content (AvgIpc) is 2.73. The first kappa shape index (κ1) is 12.1. The maximum Gasteiger partial charge on any atom is 0.333 e. The Morgan fingerprint density at radius 2 is 2.18 bits per heavy atom. The summed E-state index contributed by atoms with van der Waals surface area (Å²) >= 11 is 0. The van der Waals surface area contributed by atoms with E-state index in [9.17, 15) is 9.59 Å². The summed E-state index contributed by atoms with van der Waals surface area (Å²) in [6.45, 7) is 5.79. The number of carbonyl (C=O) groups is 2. The molecule has 1 saturated carbocycles. The average molecular weight is 238 g/mol. The Hall–Kier alpha value is -1.32. The summed E-state index contributed by atoms with van der Waals surface area (Å²) in [5, 5.41) is 0. The topological polar surface area (TPSA) is 52.6 Å². The highest BCUT2D eigenvalue weighted by atomic mass is 16.6. The zero-order valence-electron chi connectivity index (χ0n) is 10.2. The lowest BCUT2D eigenvalue weighted by Gasteiger charge is -2.39. The van der Waals surface area contributed by atoms with Crippen LogP contribution in [-0.4, -0.2) is 24.1 Å². The van der Waals surface area contributed by atoms with Gasteiger partial charge in [0, 0.05) is 5.57 Å². The van der Waals surface area contributed by atoms with Crippen LogP contribution >= 0.6 is 0 Å². The van der Waals surface area contributed by atoms with Crippen LogP contribution < -0.4 is 0 Å². The van der Waals surface area contributed by atoms with Crippen LogP contribution in [-0.2, 0) is 19.1 Å². The van der Waals surface area contributed by atoms with Gasteiger partial charge in [0.1, 0.15) is 11.5 Å². The number of hydrogen-bond donors (Lipinski definition) is 0. The summed E-state index contributed by atoms with van der Waals surface area (Å²) in [7, 11) is 0. The van der Waals surface area contributed by atoms with Gasteiger partial charge in [0.05, 0.1) is 6.61 Å². The third kappa shape index (κ3) is 2.08. The first-order valence-electron chi connectivity index (χ1n) is 6.17. The van der Waals surface area contributed by atoms with Crippen molar-refractivity contribution >= 4 is 11.9 Å². The number of ether oxygens (including phenoxy) is 2. The predicted octanol–water partition coefficient (Wildman–Crippen LogP) is 1.98. The molecule has 1 atom stereocenters. The number of rotatable bonds is 2. The van der Waals surface area contributed by atoms with Crippen molar-refractivity contribution in [3.8, 4) is 0 Å². The fraction of sp³-hybridized carbons (Fsp3) is 0.692. The SMILES string of the molecule is C=C1CC(C(=O)OCC)C2(CCCC2)OC1=O. The van der Waals surface area contributed by atoms with E-state index in [4.69, 9.17) is 9.47 Å². The highest BCUT2D eigenvalue weighted by molar-refractivity contribution is 5.91. The van der Waals surface area contributed by atoms with E-state index >= 15 is 0 Å². The van der Waals surface area contributed by atoms with Crippen molar-refractivity contribution in [3.63, 3.8) is 0 Å². The second-order valence-corrected chi connectivity index (χ2v) is 4.77. The van der Waals surface area contributed by atoms with Gasteiger partial charge in [-0.2, -0.15) is 0 Å². The molecule has 0 radical (unpaired) electrons. The summed E-state index contributed by atoms with van der Waals surface area (Å²) in [6, 6.07) is 0. The maximum absolute atomic E-state index is 12.0. The Morgan fingerprint density at radius 1 is 1.53 bits per heavy atom.